The number of nitrogens with zero attached hydrogens (tertiary/aromatic N) is 2. The van der Waals surface area contributed by atoms with E-state index in [4.69, 9.17) is 4.52 Å². The predicted octanol–water partition coefficient (Wildman–Crippen LogP) is 1.48. The maximum Gasteiger partial charge on any atom is 0.238 e. The highest BCUT2D eigenvalue weighted by Gasteiger charge is 2.40. The van der Waals surface area contributed by atoms with Gasteiger partial charge in [0.2, 0.25) is 11.8 Å². The second-order valence-electron chi connectivity index (χ2n) is 6.09. The summed E-state index contributed by atoms with van der Waals surface area (Å²) in [6, 6.07) is 0. The van der Waals surface area contributed by atoms with E-state index in [1.165, 1.54) is 6.92 Å². The van der Waals surface area contributed by atoms with Crippen LogP contribution in [0.2, 0.25) is 0 Å². The first-order valence-corrected chi connectivity index (χ1v) is 9.52. The molecule has 0 aromatic carbocycles. The Balaban J connectivity index is 2.31. The average Bonchev–Trinajstić information content (AvgIpc) is 2.73. The number of nitrogens with one attached hydrogen (secondary N) is 1. The predicted molar refractivity (Wildman–Crippen MR) is 80.9 cm³/mol. The van der Waals surface area contributed by atoms with E-state index >= 15 is 0 Å². The third-order valence-electron chi connectivity index (χ3n) is 4.29. The highest BCUT2D eigenvalue weighted by molar-refractivity contribution is 7.92. The molecular weight excluding hydrogens is 306 g/mol. The summed E-state index contributed by atoms with van der Waals surface area (Å²) >= 11 is 0. The Bertz CT molecular complexity index is 630. The molecule has 8 heteroatoms. The SMILES string of the molecule is Cc1nc(C2(NC(=O)C(C)S(C)(=O)=O)CCCCCC2)no1. The minimum Gasteiger partial charge on any atom is -0.342 e. The van der Waals surface area contributed by atoms with Crippen LogP contribution in [0.1, 0.15) is 57.2 Å². The summed E-state index contributed by atoms with van der Waals surface area (Å²) < 4.78 is 28.3. The minimum atomic E-state index is -3.44. The molecule has 1 aromatic rings. The second kappa shape index (κ2) is 6.36. The Morgan fingerprint density at radius 1 is 1.27 bits per heavy atom. The fourth-order valence-corrected chi connectivity index (χ4v) is 3.21. The Kier molecular flexibility index (Phi) is 4.89. The molecule has 1 aliphatic carbocycles. The van der Waals surface area contributed by atoms with Gasteiger partial charge in [-0.1, -0.05) is 30.8 Å². The van der Waals surface area contributed by atoms with Crippen LogP contribution in [0.3, 0.4) is 0 Å². The first-order valence-electron chi connectivity index (χ1n) is 7.56. The third-order valence-corrected chi connectivity index (χ3v) is 5.79. The Hall–Kier alpha value is -1.44. The summed E-state index contributed by atoms with van der Waals surface area (Å²) in [7, 11) is -3.44. The molecule has 2 rings (SSSR count). The number of hydrogen-bond acceptors (Lipinski definition) is 6. The van der Waals surface area contributed by atoms with E-state index < -0.39 is 26.5 Å². The van der Waals surface area contributed by atoms with Gasteiger partial charge < -0.3 is 9.84 Å². The molecule has 124 valence electrons. The molecule has 0 spiro atoms. The number of rotatable bonds is 4. The number of aryl methyl sites for hydroxylation is 1. The van der Waals surface area contributed by atoms with Gasteiger partial charge in [0.15, 0.2) is 15.7 Å². The van der Waals surface area contributed by atoms with Crippen molar-refractivity contribution in [3.8, 4) is 0 Å². The molecule has 0 radical (unpaired) electrons. The maximum atomic E-state index is 12.4. The van der Waals surface area contributed by atoms with Crippen molar-refractivity contribution in [3.63, 3.8) is 0 Å². The molecule has 1 N–H and O–H groups in total. The van der Waals surface area contributed by atoms with Crippen molar-refractivity contribution in [1.82, 2.24) is 15.5 Å². The van der Waals surface area contributed by atoms with Crippen LogP contribution >= 0.6 is 0 Å². The first kappa shape index (κ1) is 16.9. The molecule has 22 heavy (non-hydrogen) atoms. The van der Waals surface area contributed by atoms with E-state index in [-0.39, 0.29) is 0 Å². The van der Waals surface area contributed by atoms with Gasteiger partial charge in [-0.2, -0.15) is 4.98 Å². The molecular formula is C14H23N3O4S. The van der Waals surface area contributed by atoms with E-state index in [2.05, 4.69) is 15.5 Å². The van der Waals surface area contributed by atoms with Crippen molar-refractivity contribution in [2.45, 2.75) is 63.2 Å². The molecule has 1 saturated carbocycles. The van der Waals surface area contributed by atoms with E-state index in [0.29, 0.717) is 24.6 Å². The van der Waals surface area contributed by atoms with Crippen LogP contribution in [0, 0.1) is 6.92 Å². The normalized spacial score (nSPS) is 20.1. The van der Waals surface area contributed by atoms with Gasteiger partial charge in [-0.25, -0.2) is 8.42 Å². The van der Waals surface area contributed by atoms with Crippen molar-refractivity contribution in [1.29, 1.82) is 0 Å². The number of aromatic nitrogens is 2. The highest BCUT2D eigenvalue weighted by Crippen LogP contribution is 2.34. The largest absolute Gasteiger partial charge is 0.342 e. The van der Waals surface area contributed by atoms with Gasteiger partial charge in [-0.05, 0) is 19.8 Å². The smallest absolute Gasteiger partial charge is 0.238 e. The molecule has 1 amide bonds. The summed E-state index contributed by atoms with van der Waals surface area (Å²) in [6.07, 6.45) is 6.46. The molecule has 1 fully saturated rings. The zero-order valence-electron chi connectivity index (χ0n) is 13.3. The summed E-state index contributed by atoms with van der Waals surface area (Å²) in [4.78, 5) is 16.7. The lowest BCUT2D eigenvalue weighted by Gasteiger charge is -2.31. The fourth-order valence-electron chi connectivity index (χ4n) is 2.76. The molecule has 0 aliphatic heterocycles. The van der Waals surface area contributed by atoms with Crippen LogP contribution in [-0.4, -0.2) is 36.0 Å². The Morgan fingerprint density at radius 2 is 1.86 bits per heavy atom. The number of sulfone groups is 1. The van der Waals surface area contributed by atoms with Gasteiger partial charge >= 0.3 is 0 Å². The van der Waals surface area contributed by atoms with Crippen LogP contribution in [-0.2, 0) is 20.2 Å². The number of carbonyl (C=O) groups excluding carboxylic acids is 1. The molecule has 7 nitrogen and oxygen atoms in total. The van der Waals surface area contributed by atoms with Crippen LogP contribution in [0.25, 0.3) is 0 Å². The van der Waals surface area contributed by atoms with Crippen LogP contribution in [0.5, 0.6) is 0 Å². The highest BCUT2D eigenvalue weighted by atomic mass is 32.2. The molecule has 1 aromatic heterocycles. The molecule has 1 atom stereocenters. The number of carbonyl (C=O) groups is 1. The third kappa shape index (κ3) is 3.66. The summed E-state index contributed by atoms with van der Waals surface area (Å²) in [5, 5.41) is 5.79. The van der Waals surface area contributed by atoms with Crippen molar-refractivity contribution in [3.05, 3.63) is 11.7 Å². The van der Waals surface area contributed by atoms with Gasteiger partial charge in [0.05, 0.1) is 0 Å². The minimum absolute atomic E-state index is 0.434. The van der Waals surface area contributed by atoms with E-state index in [1.807, 2.05) is 0 Å². The second-order valence-corrected chi connectivity index (χ2v) is 8.46. The molecule has 1 unspecified atom stereocenters. The summed E-state index contributed by atoms with van der Waals surface area (Å²) in [6.45, 7) is 3.10. The fraction of sp³-hybridized carbons (Fsp3) is 0.786. The lowest BCUT2D eigenvalue weighted by atomic mass is 9.89. The zero-order valence-corrected chi connectivity index (χ0v) is 14.1. The lowest BCUT2D eigenvalue weighted by molar-refractivity contribution is -0.122. The van der Waals surface area contributed by atoms with Gasteiger partial charge in [0.1, 0.15) is 10.8 Å². The van der Waals surface area contributed by atoms with Crippen molar-refractivity contribution >= 4 is 15.7 Å². The van der Waals surface area contributed by atoms with Crippen molar-refractivity contribution in [2.24, 2.45) is 0 Å². The van der Waals surface area contributed by atoms with Crippen LogP contribution in [0.15, 0.2) is 4.52 Å². The van der Waals surface area contributed by atoms with Crippen LogP contribution in [0.4, 0.5) is 0 Å². The maximum absolute atomic E-state index is 12.4. The van der Waals surface area contributed by atoms with Crippen LogP contribution < -0.4 is 5.32 Å². The van der Waals surface area contributed by atoms with Gasteiger partial charge in [0, 0.05) is 13.2 Å². The topological polar surface area (TPSA) is 102 Å². The first-order chi connectivity index (χ1) is 10.2. The molecule has 0 bridgehead atoms. The summed E-state index contributed by atoms with van der Waals surface area (Å²) in [5.41, 5.74) is -0.732. The molecule has 1 heterocycles. The Morgan fingerprint density at radius 3 is 2.32 bits per heavy atom. The quantitative estimate of drug-likeness (QED) is 0.839. The van der Waals surface area contributed by atoms with E-state index in [9.17, 15) is 13.2 Å². The monoisotopic (exact) mass is 329 g/mol. The summed E-state index contributed by atoms with van der Waals surface area (Å²) in [5.74, 6) is 0.372. The lowest BCUT2D eigenvalue weighted by Crippen LogP contribution is -2.50. The Labute approximate surface area is 130 Å². The standard InChI is InChI=1S/C14H23N3O4S/c1-10(22(3,19)20)12(18)16-14(8-6-4-5-7-9-14)13-15-11(2)21-17-13/h10H,4-9H2,1-3H3,(H,16,18). The van der Waals surface area contributed by atoms with E-state index in [1.54, 1.807) is 6.92 Å². The van der Waals surface area contributed by atoms with Crippen molar-refractivity contribution in [2.75, 3.05) is 6.26 Å². The molecule has 1 aliphatic rings. The van der Waals surface area contributed by atoms with Gasteiger partial charge in [0.25, 0.3) is 0 Å². The number of hydrogen-bond donors (Lipinski definition) is 1. The zero-order chi connectivity index (χ0) is 16.4. The molecule has 0 saturated heterocycles. The van der Waals surface area contributed by atoms with E-state index in [0.717, 1.165) is 31.9 Å². The average molecular weight is 329 g/mol. The van der Waals surface area contributed by atoms with Gasteiger partial charge in [-0.3, -0.25) is 4.79 Å². The van der Waals surface area contributed by atoms with Crippen molar-refractivity contribution < 1.29 is 17.7 Å². The van der Waals surface area contributed by atoms with Gasteiger partial charge in [-0.15, -0.1) is 0 Å². The number of amides is 1.